The van der Waals surface area contributed by atoms with Crippen LogP contribution in [0.2, 0.25) is 0 Å². The van der Waals surface area contributed by atoms with Crippen LogP contribution < -0.4 is 0 Å². The zero-order chi connectivity index (χ0) is 34.9. The molecule has 53 heavy (non-hydrogen) atoms. The van der Waals surface area contributed by atoms with Crippen LogP contribution in [-0.2, 0) is 0 Å². The van der Waals surface area contributed by atoms with Crippen molar-refractivity contribution in [3.05, 3.63) is 170 Å². The molecular weight excluding hydrogens is 649 g/mol. The third-order valence-electron chi connectivity index (χ3n) is 10.3. The second kappa shape index (κ2) is 11.7. The first-order chi connectivity index (χ1) is 26.2. The smallest absolute Gasteiger partial charge is 0.144 e. The third kappa shape index (κ3) is 4.79. The zero-order valence-corrected chi connectivity index (χ0v) is 28.4. The van der Waals surface area contributed by atoms with Crippen molar-refractivity contribution in [1.82, 2.24) is 19.9 Å². The summed E-state index contributed by atoms with van der Waals surface area (Å²) in [5.74, 6) is 0. The number of fused-ring (bicyclic) bond motifs is 10. The Hall–Kier alpha value is -7.24. The molecule has 5 aromatic heterocycles. The van der Waals surface area contributed by atoms with E-state index in [1.807, 2.05) is 42.6 Å². The lowest BCUT2D eigenvalue weighted by Crippen LogP contribution is -1.92. The van der Waals surface area contributed by atoms with Crippen molar-refractivity contribution in [1.29, 1.82) is 0 Å². The molecule has 0 unspecified atom stereocenters. The van der Waals surface area contributed by atoms with E-state index in [0.717, 1.165) is 110 Å². The highest BCUT2D eigenvalue weighted by Crippen LogP contribution is 2.41. The normalized spacial score (nSPS) is 11.8. The number of para-hydroxylation sites is 2. The summed E-state index contributed by atoms with van der Waals surface area (Å²) in [6.07, 6.45) is 1.91. The van der Waals surface area contributed by atoms with Crippen molar-refractivity contribution in [3.63, 3.8) is 0 Å². The van der Waals surface area contributed by atoms with E-state index in [4.69, 9.17) is 24.4 Å². The molecule has 0 fully saturated rings. The van der Waals surface area contributed by atoms with Crippen molar-refractivity contribution >= 4 is 65.4 Å². The van der Waals surface area contributed by atoms with E-state index < -0.39 is 0 Å². The summed E-state index contributed by atoms with van der Waals surface area (Å²) < 4.78 is 6.50. The van der Waals surface area contributed by atoms with Crippen LogP contribution in [0.4, 0.5) is 0 Å². The largest absolute Gasteiger partial charge is 0.455 e. The van der Waals surface area contributed by atoms with Crippen LogP contribution in [0.1, 0.15) is 0 Å². The average Bonchev–Trinajstić information content (AvgIpc) is 3.62. The monoisotopic (exact) mass is 676 g/mol. The molecule has 6 aromatic carbocycles. The van der Waals surface area contributed by atoms with E-state index in [9.17, 15) is 0 Å². The number of benzene rings is 6. The highest BCUT2D eigenvalue weighted by Gasteiger charge is 2.17. The Morgan fingerprint density at radius 3 is 1.72 bits per heavy atom. The van der Waals surface area contributed by atoms with Gasteiger partial charge in [0.15, 0.2) is 0 Å². The fourth-order valence-corrected chi connectivity index (χ4v) is 7.65. The summed E-state index contributed by atoms with van der Waals surface area (Å²) in [4.78, 5) is 20.2. The number of hydrogen-bond acceptors (Lipinski definition) is 5. The number of rotatable bonds is 4. The molecule has 0 atom stereocenters. The summed E-state index contributed by atoms with van der Waals surface area (Å²) in [6, 6.07) is 56.4. The molecule has 0 amide bonds. The Labute approximate surface area is 303 Å². The molecule has 11 rings (SSSR count). The molecule has 0 saturated heterocycles. The maximum atomic E-state index is 6.50. The first-order valence-corrected chi connectivity index (χ1v) is 17.7. The van der Waals surface area contributed by atoms with Crippen LogP contribution in [0.15, 0.2) is 174 Å². The van der Waals surface area contributed by atoms with Crippen molar-refractivity contribution in [2.24, 2.45) is 0 Å². The van der Waals surface area contributed by atoms with Crippen LogP contribution in [0.5, 0.6) is 0 Å². The molecule has 5 heteroatoms. The van der Waals surface area contributed by atoms with Gasteiger partial charge in [-0.1, -0.05) is 121 Å². The van der Waals surface area contributed by atoms with Gasteiger partial charge in [0, 0.05) is 66.2 Å². The topological polar surface area (TPSA) is 64.7 Å². The third-order valence-corrected chi connectivity index (χ3v) is 10.3. The maximum absolute atomic E-state index is 6.50. The molecule has 0 aliphatic rings. The van der Waals surface area contributed by atoms with E-state index in [1.54, 1.807) is 0 Å². The van der Waals surface area contributed by atoms with Gasteiger partial charge in [-0.3, -0.25) is 4.98 Å². The molecule has 5 nitrogen and oxygen atoms in total. The molecule has 5 heterocycles. The molecule has 0 aliphatic heterocycles. The van der Waals surface area contributed by atoms with E-state index in [-0.39, 0.29) is 0 Å². The molecule has 0 radical (unpaired) electrons. The Balaban J connectivity index is 0.952. The highest BCUT2D eigenvalue weighted by molar-refractivity contribution is 6.24. The van der Waals surface area contributed by atoms with E-state index in [1.165, 1.54) is 0 Å². The van der Waals surface area contributed by atoms with Gasteiger partial charge in [0.2, 0.25) is 0 Å². The van der Waals surface area contributed by atoms with Gasteiger partial charge in [-0.15, -0.1) is 0 Å². The average molecular weight is 677 g/mol. The quantitative estimate of drug-likeness (QED) is 0.174. The zero-order valence-electron chi connectivity index (χ0n) is 28.4. The van der Waals surface area contributed by atoms with Gasteiger partial charge < -0.3 is 4.42 Å². The van der Waals surface area contributed by atoms with Crippen molar-refractivity contribution in [2.45, 2.75) is 0 Å². The maximum Gasteiger partial charge on any atom is 0.144 e. The number of furan rings is 1. The number of pyridine rings is 4. The summed E-state index contributed by atoms with van der Waals surface area (Å²) in [5.41, 5.74) is 12.2. The second-order valence-corrected chi connectivity index (χ2v) is 13.4. The molecule has 0 saturated carbocycles. The van der Waals surface area contributed by atoms with E-state index in [2.05, 4.69) is 127 Å². The molecular formula is C48H28N4O. The van der Waals surface area contributed by atoms with Gasteiger partial charge in [0.25, 0.3) is 0 Å². The van der Waals surface area contributed by atoms with Crippen LogP contribution >= 0.6 is 0 Å². The summed E-state index contributed by atoms with van der Waals surface area (Å²) in [5, 5.41) is 7.58. The van der Waals surface area contributed by atoms with Crippen molar-refractivity contribution in [3.8, 4) is 45.0 Å². The van der Waals surface area contributed by atoms with Gasteiger partial charge in [0.1, 0.15) is 11.2 Å². The van der Waals surface area contributed by atoms with Gasteiger partial charge in [-0.25, -0.2) is 15.0 Å². The number of aromatic nitrogens is 4. The number of hydrogen-bond donors (Lipinski definition) is 0. The molecule has 0 aliphatic carbocycles. The Morgan fingerprint density at radius 2 is 0.962 bits per heavy atom. The van der Waals surface area contributed by atoms with Crippen molar-refractivity contribution in [2.75, 3.05) is 0 Å². The first-order valence-electron chi connectivity index (χ1n) is 17.7. The molecule has 11 aromatic rings. The SMILES string of the molecule is c1ccc(-c2ccc3ccc4ccc(-c5ccc(-c6ccc(-c7nc8ccccc8c8c7ccc7c9ccccc9oc78)cc6)nc5)nc4c3n2)cc1. The highest BCUT2D eigenvalue weighted by atomic mass is 16.3. The summed E-state index contributed by atoms with van der Waals surface area (Å²) >= 11 is 0. The van der Waals surface area contributed by atoms with Crippen LogP contribution in [-0.4, -0.2) is 19.9 Å². The minimum atomic E-state index is 0.860. The van der Waals surface area contributed by atoms with Crippen LogP contribution in [0, 0.1) is 0 Å². The molecule has 0 spiro atoms. The Bertz CT molecular complexity index is 3210. The van der Waals surface area contributed by atoms with Crippen LogP contribution in [0.25, 0.3) is 110 Å². The predicted octanol–water partition coefficient (Wildman–Crippen LogP) is 12.4. The minimum Gasteiger partial charge on any atom is -0.455 e. The molecule has 0 bridgehead atoms. The minimum absolute atomic E-state index is 0.860. The van der Waals surface area contributed by atoms with Gasteiger partial charge in [-0.05, 0) is 42.5 Å². The predicted molar refractivity (Wildman–Crippen MR) is 217 cm³/mol. The van der Waals surface area contributed by atoms with Gasteiger partial charge >= 0.3 is 0 Å². The van der Waals surface area contributed by atoms with Gasteiger partial charge in [0.05, 0.1) is 39.3 Å². The summed E-state index contributed by atoms with van der Waals surface area (Å²) in [6.45, 7) is 0. The summed E-state index contributed by atoms with van der Waals surface area (Å²) in [7, 11) is 0. The molecule has 0 N–H and O–H groups in total. The standard InChI is InChI=1S/C48H28N4O/c1-2-8-29(9-3-1)40-26-20-32-18-19-33-21-27-41(51-47(33)46(32)50-40)34-22-25-39(49-28-34)30-14-16-31(17-15-30)45-38-24-23-36-35-10-5-7-13-43(35)53-48(36)44(38)37-11-4-6-12-42(37)52-45/h1-28H. The fourth-order valence-electron chi connectivity index (χ4n) is 7.65. The van der Waals surface area contributed by atoms with Crippen LogP contribution in [0.3, 0.4) is 0 Å². The van der Waals surface area contributed by atoms with Gasteiger partial charge in [-0.2, -0.15) is 0 Å². The number of nitrogens with zero attached hydrogens (tertiary/aromatic N) is 4. The van der Waals surface area contributed by atoms with Crippen molar-refractivity contribution < 1.29 is 4.42 Å². The first kappa shape index (κ1) is 29.5. The van der Waals surface area contributed by atoms with E-state index >= 15 is 0 Å². The van der Waals surface area contributed by atoms with E-state index in [0.29, 0.717) is 0 Å². The lowest BCUT2D eigenvalue weighted by atomic mass is 9.97. The lowest BCUT2D eigenvalue weighted by molar-refractivity contribution is 0.673. The fraction of sp³-hybridized carbons (Fsp3) is 0. The Kier molecular flexibility index (Phi) is 6.48. The lowest BCUT2D eigenvalue weighted by Gasteiger charge is -2.11. The second-order valence-electron chi connectivity index (χ2n) is 13.4. The Morgan fingerprint density at radius 1 is 0.377 bits per heavy atom. The molecule has 246 valence electrons.